The highest BCUT2D eigenvalue weighted by Gasteiger charge is 2.13. The number of rotatable bonds is 6. The molecule has 0 N–H and O–H groups in total. The molecule has 0 fully saturated rings. The van der Waals surface area contributed by atoms with Gasteiger partial charge in [-0.05, 0) is 30.7 Å². The Morgan fingerprint density at radius 1 is 1.17 bits per heavy atom. The highest BCUT2D eigenvalue weighted by molar-refractivity contribution is 5.90. The van der Waals surface area contributed by atoms with E-state index in [0.717, 1.165) is 24.2 Å². The summed E-state index contributed by atoms with van der Waals surface area (Å²) >= 11 is 0. The van der Waals surface area contributed by atoms with E-state index in [9.17, 15) is 0 Å². The van der Waals surface area contributed by atoms with Gasteiger partial charge in [0.25, 0.3) is 0 Å². The first kappa shape index (κ1) is 15.2. The van der Waals surface area contributed by atoms with Gasteiger partial charge in [-0.3, -0.25) is 14.7 Å². The summed E-state index contributed by atoms with van der Waals surface area (Å²) in [4.78, 5) is 4.13. The molecule has 118 valence electrons. The number of nitrogens with zero attached hydrogens (tertiary/aromatic N) is 3. The summed E-state index contributed by atoms with van der Waals surface area (Å²) in [5.74, 6) is 0. The van der Waals surface area contributed by atoms with Gasteiger partial charge in [-0.2, -0.15) is 0 Å². The molecule has 3 rings (SSSR count). The number of aromatic nitrogens is 2. The average molecular weight is 307 g/mol. The van der Waals surface area contributed by atoms with Crippen LogP contribution in [0.5, 0.6) is 0 Å². The van der Waals surface area contributed by atoms with Gasteiger partial charge < -0.3 is 4.74 Å². The van der Waals surface area contributed by atoms with Crippen molar-refractivity contribution in [3.05, 3.63) is 66.8 Å². The Morgan fingerprint density at radius 3 is 2.70 bits per heavy atom. The smallest absolute Gasteiger partial charge is 0.0831 e. The highest BCUT2D eigenvalue weighted by Crippen LogP contribution is 2.26. The van der Waals surface area contributed by atoms with E-state index in [1.807, 2.05) is 30.6 Å². The molecule has 4 heteroatoms. The van der Waals surface area contributed by atoms with E-state index >= 15 is 0 Å². The van der Waals surface area contributed by atoms with Gasteiger partial charge >= 0.3 is 0 Å². The Labute approximate surface area is 136 Å². The summed E-state index contributed by atoms with van der Waals surface area (Å²) in [5.41, 5.74) is 3.44. The number of para-hydroxylation sites is 1. The third-order valence-electron chi connectivity index (χ3n) is 3.76. The molecular formula is C19H21N3O. The molecule has 0 aliphatic heterocycles. The van der Waals surface area contributed by atoms with Crippen molar-refractivity contribution in [3.63, 3.8) is 0 Å². The van der Waals surface area contributed by atoms with Crippen molar-refractivity contribution in [2.45, 2.75) is 13.3 Å². The summed E-state index contributed by atoms with van der Waals surface area (Å²) < 4.78 is 7.30. The van der Waals surface area contributed by atoms with E-state index < -0.39 is 0 Å². The van der Waals surface area contributed by atoms with Gasteiger partial charge in [-0.25, -0.2) is 0 Å². The van der Waals surface area contributed by atoms with E-state index in [2.05, 4.69) is 52.1 Å². The predicted octanol–water partition coefficient (Wildman–Crippen LogP) is 4.33. The van der Waals surface area contributed by atoms with E-state index in [4.69, 9.17) is 4.74 Å². The lowest BCUT2D eigenvalue weighted by Crippen LogP contribution is -2.29. The number of ether oxygens (including phenoxy) is 1. The molecule has 1 aromatic carbocycles. The lowest BCUT2D eigenvalue weighted by molar-refractivity contribution is 0.341. The second-order valence-electron chi connectivity index (χ2n) is 5.31. The molecule has 2 aromatic heterocycles. The minimum absolute atomic E-state index is 0.927. The lowest BCUT2D eigenvalue weighted by atomic mass is 10.2. The first-order chi connectivity index (χ1) is 11.3. The minimum atomic E-state index is 0.927. The van der Waals surface area contributed by atoms with Gasteiger partial charge in [-0.15, -0.1) is 0 Å². The van der Waals surface area contributed by atoms with Crippen LogP contribution in [0.15, 0.2) is 61.3 Å². The Kier molecular flexibility index (Phi) is 4.62. The van der Waals surface area contributed by atoms with Crippen LogP contribution in [0.2, 0.25) is 0 Å². The third-order valence-corrected chi connectivity index (χ3v) is 3.76. The molecule has 0 bridgehead atoms. The molecule has 3 aromatic rings. The van der Waals surface area contributed by atoms with Crippen molar-refractivity contribution < 1.29 is 4.74 Å². The van der Waals surface area contributed by atoms with Crippen LogP contribution < -0.4 is 5.01 Å². The van der Waals surface area contributed by atoms with E-state index in [-0.39, 0.29) is 0 Å². The van der Waals surface area contributed by atoms with E-state index in [0.29, 0.717) is 0 Å². The molecule has 4 nitrogen and oxygen atoms in total. The van der Waals surface area contributed by atoms with Gasteiger partial charge in [0.15, 0.2) is 0 Å². The first-order valence-electron chi connectivity index (χ1n) is 7.82. The van der Waals surface area contributed by atoms with Gasteiger partial charge in [0, 0.05) is 36.1 Å². The molecule has 0 radical (unpaired) electrons. The fraction of sp³-hybridized carbons (Fsp3) is 0.211. The number of hydrogen-bond acceptors (Lipinski definition) is 3. The molecule has 0 atom stereocenters. The highest BCUT2D eigenvalue weighted by atomic mass is 16.5. The fourth-order valence-electron chi connectivity index (χ4n) is 2.75. The Hall–Kier alpha value is -2.75. The maximum atomic E-state index is 5.08. The SMILES string of the molecule is CCCN(c1ccncc1)n1cc(/C=C/OC)c2ccccc21. The van der Waals surface area contributed by atoms with Crippen LogP contribution >= 0.6 is 0 Å². The Morgan fingerprint density at radius 2 is 1.96 bits per heavy atom. The van der Waals surface area contributed by atoms with Gasteiger partial charge in [-0.1, -0.05) is 25.1 Å². The maximum absolute atomic E-state index is 5.08. The second-order valence-corrected chi connectivity index (χ2v) is 5.31. The molecule has 0 saturated carbocycles. The maximum Gasteiger partial charge on any atom is 0.0831 e. The van der Waals surface area contributed by atoms with Crippen LogP contribution in [0.3, 0.4) is 0 Å². The van der Waals surface area contributed by atoms with Crippen molar-refractivity contribution in [3.8, 4) is 0 Å². The third kappa shape index (κ3) is 3.06. The van der Waals surface area contributed by atoms with Crippen molar-refractivity contribution >= 4 is 22.7 Å². The average Bonchev–Trinajstić information content (AvgIpc) is 2.97. The van der Waals surface area contributed by atoms with Crippen LogP contribution in [0.4, 0.5) is 5.69 Å². The van der Waals surface area contributed by atoms with Crippen LogP contribution in [0.25, 0.3) is 17.0 Å². The van der Waals surface area contributed by atoms with Crippen molar-refractivity contribution in [2.75, 3.05) is 18.7 Å². The van der Waals surface area contributed by atoms with Crippen molar-refractivity contribution in [2.24, 2.45) is 0 Å². The van der Waals surface area contributed by atoms with E-state index in [1.165, 1.54) is 10.9 Å². The van der Waals surface area contributed by atoms with Gasteiger partial charge in [0.2, 0.25) is 0 Å². The molecule has 0 unspecified atom stereocenters. The van der Waals surface area contributed by atoms with Crippen LogP contribution in [0, 0.1) is 0 Å². The quantitative estimate of drug-likeness (QED) is 0.635. The number of fused-ring (bicyclic) bond motifs is 1. The molecule has 23 heavy (non-hydrogen) atoms. The largest absolute Gasteiger partial charge is 0.504 e. The summed E-state index contributed by atoms with van der Waals surface area (Å²) in [6.45, 7) is 3.11. The van der Waals surface area contributed by atoms with Crippen LogP contribution in [-0.2, 0) is 4.74 Å². The second kappa shape index (κ2) is 7.01. The summed E-state index contributed by atoms with van der Waals surface area (Å²) in [6.07, 6.45) is 10.6. The molecule has 0 aliphatic rings. The zero-order valence-corrected chi connectivity index (χ0v) is 13.5. The summed E-state index contributed by atoms with van der Waals surface area (Å²) in [6, 6.07) is 12.5. The number of pyridine rings is 1. The zero-order valence-electron chi connectivity index (χ0n) is 13.5. The van der Waals surface area contributed by atoms with E-state index in [1.54, 1.807) is 13.4 Å². The van der Waals surface area contributed by atoms with Crippen LogP contribution in [-0.4, -0.2) is 23.3 Å². The first-order valence-corrected chi connectivity index (χ1v) is 7.82. The molecular weight excluding hydrogens is 286 g/mol. The van der Waals surface area contributed by atoms with Crippen molar-refractivity contribution in [1.82, 2.24) is 9.66 Å². The molecule has 0 saturated heterocycles. The molecule has 0 amide bonds. The van der Waals surface area contributed by atoms with Crippen LogP contribution in [0.1, 0.15) is 18.9 Å². The monoisotopic (exact) mass is 307 g/mol. The molecule has 2 heterocycles. The predicted molar refractivity (Wildman–Crippen MR) is 95.3 cm³/mol. The topological polar surface area (TPSA) is 30.3 Å². The van der Waals surface area contributed by atoms with Gasteiger partial charge in [0.1, 0.15) is 0 Å². The Balaban J connectivity index is 2.15. The normalized spacial score (nSPS) is 11.2. The van der Waals surface area contributed by atoms with Gasteiger partial charge in [0.05, 0.1) is 24.6 Å². The molecule has 0 spiro atoms. The zero-order chi connectivity index (χ0) is 16.1. The fourth-order valence-corrected chi connectivity index (χ4v) is 2.75. The lowest BCUT2D eigenvalue weighted by Gasteiger charge is -2.26. The standard InChI is InChI=1S/C19H21N3O/c1-3-13-21(17-8-11-20-12-9-17)22-15-16(10-14-23-2)18-6-4-5-7-19(18)22/h4-12,14-15H,3,13H2,1-2H3/b14-10+. The number of methoxy groups -OCH3 is 1. The summed E-state index contributed by atoms with van der Waals surface area (Å²) in [5, 5.41) is 3.48. The molecule has 0 aliphatic carbocycles. The van der Waals surface area contributed by atoms with Crippen molar-refractivity contribution in [1.29, 1.82) is 0 Å². The Bertz CT molecular complexity index is 793. The number of anilines is 1. The number of benzene rings is 1. The number of hydrogen-bond donors (Lipinski definition) is 0. The summed E-state index contributed by atoms with van der Waals surface area (Å²) in [7, 11) is 1.66. The minimum Gasteiger partial charge on any atom is -0.504 e.